The average Bonchev–Trinajstić information content (AvgIpc) is 3.92. The number of phosphoric acid groups is 1. The first kappa shape index (κ1) is 59.5. The number of hydrogen-bond acceptors (Lipinski definition) is 20. The number of nitrogens with one attached hydrogen (secondary N) is 4. The van der Waals surface area contributed by atoms with Crippen molar-refractivity contribution < 1.29 is 56.6 Å². The summed E-state index contributed by atoms with van der Waals surface area (Å²) in [5.74, 6) is -0.198. The van der Waals surface area contributed by atoms with Gasteiger partial charge in [-0.25, -0.2) is 9.55 Å². The molecule has 396 valence electrons. The van der Waals surface area contributed by atoms with Gasteiger partial charge in [0, 0.05) is 33.6 Å². The van der Waals surface area contributed by atoms with Gasteiger partial charge in [-0.15, -0.1) is 0 Å². The zero-order valence-corrected chi connectivity index (χ0v) is 44.2. The quantitative estimate of drug-likeness (QED) is 0.00907. The molecule has 1 aliphatic rings. The number of ether oxygens (including phenoxy) is 2. The number of fused-ring (bicyclic) bond motifs is 1. The number of amides is 1. The minimum atomic E-state index is -4.69. The smallest absolute Gasteiger partial charge is 0.393 e. The van der Waals surface area contributed by atoms with Gasteiger partial charge in [0.1, 0.15) is 45.0 Å². The topological polar surface area (TPSA) is 345 Å². The molecule has 1 amide bonds. The van der Waals surface area contributed by atoms with Crippen molar-refractivity contribution in [3.8, 4) is 0 Å². The Hall–Kier alpha value is -3.10. The number of aromatic nitrogens is 6. The van der Waals surface area contributed by atoms with E-state index in [0.717, 1.165) is 39.2 Å². The summed E-state index contributed by atoms with van der Waals surface area (Å²) < 4.78 is 62.8. The van der Waals surface area contributed by atoms with E-state index >= 15 is 0 Å². The van der Waals surface area contributed by atoms with Crippen molar-refractivity contribution in [2.75, 3.05) is 56.5 Å². The first-order valence-electron chi connectivity index (χ1n) is 24.4. The number of phosphoric ester groups is 1. The van der Waals surface area contributed by atoms with Crippen molar-refractivity contribution in [3.05, 3.63) is 15.6 Å². The van der Waals surface area contributed by atoms with E-state index in [1.807, 2.05) is 0 Å². The Morgan fingerprint density at radius 2 is 1.54 bits per heavy atom. The number of methoxy groups -OCH3 is 1. The number of H-pyrrole nitrogens is 2. The molecule has 0 saturated carbocycles. The maximum atomic E-state index is 14.1. The normalized spacial score (nSPS) is 19.1. The zero-order chi connectivity index (χ0) is 51.1. The van der Waals surface area contributed by atoms with E-state index in [1.165, 1.54) is 84.1 Å². The van der Waals surface area contributed by atoms with Crippen LogP contribution < -0.4 is 27.8 Å². The Morgan fingerprint density at radius 1 is 0.929 bits per heavy atom. The number of aromatic amines is 2. The molecule has 0 radical (unpaired) electrons. The van der Waals surface area contributed by atoms with Crippen LogP contribution in [-0.2, 0) is 41.5 Å². The van der Waals surface area contributed by atoms with Crippen molar-refractivity contribution in [2.24, 2.45) is 0 Å². The molecule has 1 saturated heterocycles. The summed E-state index contributed by atoms with van der Waals surface area (Å²) in [6, 6.07) is 0. The molecule has 0 bridgehead atoms. The van der Waals surface area contributed by atoms with E-state index in [0.29, 0.717) is 36.9 Å². The van der Waals surface area contributed by atoms with Crippen LogP contribution in [0.1, 0.15) is 135 Å². The predicted octanol–water partition coefficient (Wildman–Crippen LogP) is 7.07. The van der Waals surface area contributed by atoms with Crippen molar-refractivity contribution in [3.63, 3.8) is 0 Å². The number of carbonyl (C=O) groups excluding carboxylic acids is 1. The van der Waals surface area contributed by atoms with Crippen LogP contribution in [0.5, 0.6) is 0 Å². The lowest BCUT2D eigenvalue weighted by atomic mass is 9.97. The van der Waals surface area contributed by atoms with Crippen LogP contribution in [0.4, 0.5) is 23.4 Å². The number of hydrogen-bond donors (Lipinski definition) is 10. The summed E-state index contributed by atoms with van der Waals surface area (Å²) in [6.45, 7) is 1.48. The Kier molecular flexibility index (Phi) is 26.2. The van der Waals surface area contributed by atoms with Gasteiger partial charge >= 0.3 is 7.82 Å². The molecule has 70 heavy (non-hydrogen) atoms. The van der Waals surface area contributed by atoms with Crippen LogP contribution in [0, 0.1) is 9.28 Å². The fourth-order valence-electron chi connectivity index (χ4n) is 7.93. The largest absolute Gasteiger partial charge is 0.475 e. The zero-order valence-electron chi connectivity index (χ0n) is 40.8. The number of unbranched alkanes of at least 4 members (excludes halogenated alkanes) is 15. The third kappa shape index (κ3) is 20.1. The second-order valence-corrected chi connectivity index (χ2v) is 22.1. The number of carbonyl (C=O) groups is 1. The van der Waals surface area contributed by atoms with Gasteiger partial charge in [0.05, 0.1) is 25.6 Å². The van der Waals surface area contributed by atoms with Gasteiger partial charge in [-0.05, 0) is 12.8 Å². The van der Waals surface area contributed by atoms with Gasteiger partial charge in [0.2, 0.25) is 17.8 Å². The van der Waals surface area contributed by atoms with Gasteiger partial charge in [-0.2, -0.15) is 9.97 Å². The third-order valence-electron chi connectivity index (χ3n) is 12.0. The van der Waals surface area contributed by atoms with Crippen molar-refractivity contribution >= 4 is 87.2 Å². The number of aliphatic hydroxyl groups is 2. The highest BCUT2D eigenvalue weighted by Crippen LogP contribution is 2.52. The number of nitrogen functional groups attached to an aromatic ring is 3. The number of aliphatic hydroxyl groups excluding tert-OH is 2. The number of imidazole rings is 1. The molecule has 3 aromatic rings. The molecule has 13 N–H and O–H groups in total. The van der Waals surface area contributed by atoms with Gasteiger partial charge in [-0.3, -0.25) is 27.5 Å². The molecule has 0 aromatic carbocycles. The predicted molar refractivity (Wildman–Crippen MR) is 275 cm³/mol. The molecule has 28 heteroatoms. The minimum Gasteiger partial charge on any atom is -0.393 e. The van der Waals surface area contributed by atoms with Crippen molar-refractivity contribution in [1.82, 2.24) is 34.8 Å². The Morgan fingerprint density at radius 3 is 2.20 bits per heavy atom. The Labute approximate surface area is 421 Å². The second kappa shape index (κ2) is 30.8. The maximum Gasteiger partial charge on any atom is 0.475 e. The summed E-state index contributed by atoms with van der Waals surface area (Å²) in [6.07, 6.45) is 13.8. The van der Waals surface area contributed by atoms with Gasteiger partial charge in [0.15, 0.2) is 17.7 Å². The molecule has 0 spiro atoms. The van der Waals surface area contributed by atoms with Crippen LogP contribution in [-0.4, -0.2) is 122 Å². The van der Waals surface area contributed by atoms with E-state index < -0.39 is 65.4 Å². The van der Waals surface area contributed by atoms with E-state index in [4.69, 9.17) is 69.2 Å². The number of anilines is 4. The van der Waals surface area contributed by atoms with Crippen molar-refractivity contribution in [2.45, 2.75) is 172 Å². The molecule has 8 unspecified atom stereocenters. The minimum absolute atomic E-state index is 0.000131. The molecule has 4 heterocycles. The van der Waals surface area contributed by atoms with Gasteiger partial charge < -0.3 is 66.9 Å². The van der Waals surface area contributed by atoms with E-state index in [-0.39, 0.29) is 52.0 Å². The molecule has 23 nitrogen and oxygen atoms in total. The van der Waals surface area contributed by atoms with E-state index in [9.17, 15) is 29.0 Å². The summed E-state index contributed by atoms with van der Waals surface area (Å²) in [5, 5.41) is 28.0. The first-order valence-corrected chi connectivity index (χ1v) is 28.4. The second-order valence-electron chi connectivity index (χ2n) is 17.5. The fraction of sp³-hybridized carbons (Fsp3) is 0.762. The molecular formula is C42H76BN11O12P2S2. The number of rotatable bonds is 37. The molecule has 1 aliphatic heterocycles. The molecule has 0 aliphatic carbocycles. The van der Waals surface area contributed by atoms with Crippen LogP contribution >= 0.6 is 39.7 Å². The summed E-state index contributed by atoms with van der Waals surface area (Å²) in [5.41, 5.74) is 18.3. The fourth-order valence-corrected chi connectivity index (χ4v) is 10.6. The monoisotopic (exact) mass is 1060 g/mol. The maximum absolute atomic E-state index is 14.1. The summed E-state index contributed by atoms with van der Waals surface area (Å²) >= 11 is 10.5. The molecule has 8 atom stereocenters. The highest BCUT2D eigenvalue weighted by Gasteiger charge is 2.43. The summed E-state index contributed by atoms with van der Waals surface area (Å²) in [4.78, 5) is 40.9. The highest BCUT2D eigenvalue weighted by molar-refractivity contribution is 7.82. The third-order valence-corrected chi connectivity index (χ3v) is 15.4. The first-order chi connectivity index (χ1) is 33.5. The van der Waals surface area contributed by atoms with Crippen LogP contribution in [0.15, 0.2) is 6.33 Å². The van der Waals surface area contributed by atoms with Gasteiger partial charge in [-0.1, -0.05) is 134 Å². The van der Waals surface area contributed by atoms with E-state index in [2.05, 4.69) is 42.5 Å². The molecule has 4 rings (SSSR count). The standard InChI is InChI=1S/C42H76BN11O12P2S2/c1-4-5-6-7-8-9-10-11-12-13-14-15-18-21-31(56)47-23-20-17-16-19-22-43-67(58,59)63-26-30(61-2)35(38(57)49-36-33(44)39(69)52-41(45)50-36)66-68(60,62-3)64-25-29-28(55)24-32(65-29)54-27-48-34-37(54)51-42(46)53-40(34)70/h27-30,32,35,38,43,55,57H,4-26,44H2,1-3H3,(H,47,56)(H,58,59)(H3,46,51,53,70)(H4,45,49,50,52,69). The van der Waals surface area contributed by atoms with Crippen LogP contribution in [0.25, 0.3) is 11.2 Å². The number of nitrogens with two attached hydrogens (primary N) is 3. The van der Waals surface area contributed by atoms with Crippen LogP contribution in [0.3, 0.4) is 0 Å². The lowest BCUT2D eigenvalue weighted by molar-refractivity contribution is -0.121. The highest BCUT2D eigenvalue weighted by atomic mass is 32.1. The Balaban J connectivity index is 1.22. The van der Waals surface area contributed by atoms with Crippen LogP contribution in [0.2, 0.25) is 6.32 Å². The number of nitrogens with zero attached hydrogens (tertiary/aromatic N) is 4. The van der Waals surface area contributed by atoms with E-state index in [1.54, 1.807) is 4.57 Å². The SMILES string of the molecule is CCCCCCCCCCCCCCCC(=O)NCCCCCCBP(=O)(O)OCC(OC)C(OP(=O)(OC)OCC1OC(n2cnc3c(=S)[nH]c(N)nc32)CC1O)C(O)Nc1nc(N)[nH]c(=S)c1N. The lowest BCUT2D eigenvalue weighted by Crippen LogP contribution is -2.47. The average molecular weight is 1060 g/mol. The Bertz CT molecular complexity index is 2270. The van der Waals surface area contributed by atoms with Gasteiger partial charge in [0.25, 0.3) is 14.5 Å². The van der Waals surface area contributed by atoms with Crippen molar-refractivity contribution in [1.29, 1.82) is 0 Å². The lowest BCUT2D eigenvalue weighted by Gasteiger charge is -2.33. The molecular weight excluding hydrogens is 987 g/mol. The summed E-state index contributed by atoms with van der Waals surface area (Å²) in [7, 11) is -6.68. The molecule has 3 aromatic heterocycles. The molecule has 1 fully saturated rings.